The molecule has 6 nitrogen and oxygen atoms in total. The predicted molar refractivity (Wildman–Crippen MR) is 116 cm³/mol. The van der Waals surface area contributed by atoms with E-state index in [4.69, 9.17) is 10.1 Å². The lowest BCUT2D eigenvalue weighted by molar-refractivity contribution is -0.114. The van der Waals surface area contributed by atoms with E-state index < -0.39 is 5.91 Å². The smallest absolute Gasteiger partial charge is 0.283 e. The number of methoxy groups -OCH3 is 1. The number of aliphatic imine (C=N–C) groups is 1. The maximum Gasteiger partial charge on any atom is 0.283 e. The Bertz CT molecular complexity index is 1030. The molecule has 2 heterocycles. The molecule has 28 heavy (non-hydrogen) atoms. The third kappa shape index (κ3) is 3.61. The zero-order valence-corrected chi connectivity index (χ0v) is 16.6. The van der Waals surface area contributed by atoms with Crippen molar-refractivity contribution in [2.75, 3.05) is 7.11 Å². The lowest BCUT2D eigenvalue weighted by atomic mass is 10.1. The summed E-state index contributed by atoms with van der Waals surface area (Å²) in [6.45, 7) is 0. The minimum atomic E-state index is -0.445. The highest BCUT2D eigenvalue weighted by Gasteiger charge is 2.37. The van der Waals surface area contributed by atoms with E-state index in [9.17, 15) is 4.79 Å². The number of hydrogen-bond donors (Lipinski definition) is 1. The summed E-state index contributed by atoms with van der Waals surface area (Å²) in [6.07, 6.45) is 1.65. The molecule has 0 fully saturated rings. The van der Waals surface area contributed by atoms with Crippen molar-refractivity contribution in [3.8, 4) is 5.75 Å². The quantitative estimate of drug-likeness (QED) is 0.606. The summed E-state index contributed by atoms with van der Waals surface area (Å²) in [6, 6.07) is 17.4. The van der Waals surface area contributed by atoms with Crippen LogP contribution < -0.4 is 4.74 Å². The van der Waals surface area contributed by atoms with E-state index in [1.165, 1.54) is 11.8 Å². The number of thioether (sulfide) groups is 1. The standard InChI is InChI=1S/C20H16N4O2S2/c1-26-16-10-6-5-9-14(16)11-15-17(21)24-19(22-18(15)25)28-23-20(24)27-12-13-7-3-2-4-8-13/h2-11,21H,12H2,1H3/b15-11-,21-17?. The Morgan fingerprint density at radius 3 is 2.71 bits per heavy atom. The fraction of sp³-hybridized carbons (Fsp3) is 0.100. The van der Waals surface area contributed by atoms with Gasteiger partial charge >= 0.3 is 0 Å². The molecule has 2 aromatic rings. The number of amidine groups is 3. The second-order valence-electron chi connectivity index (χ2n) is 5.92. The van der Waals surface area contributed by atoms with Gasteiger partial charge in [-0.05, 0) is 17.7 Å². The van der Waals surface area contributed by atoms with Gasteiger partial charge in [0.15, 0.2) is 5.17 Å². The van der Waals surface area contributed by atoms with E-state index in [-0.39, 0.29) is 11.4 Å². The van der Waals surface area contributed by atoms with E-state index in [1.807, 2.05) is 54.6 Å². The SMILES string of the molecule is COc1ccccc1/C=C1/C(=N)N2C(SCc3ccccc3)=NSC2=NC1=O. The number of carbonyl (C=O) groups excluding carboxylic acids is 1. The average molecular weight is 409 g/mol. The van der Waals surface area contributed by atoms with Gasteiger partial charge in [0.25, 0.3) is 5.91 Å². The lowest BCUT2D eigenvalue weighted by Gasteiger charge is -2.24. The van der Waals surface area contributed by atoms with Crippen LogP contribution in [0.3, 0.4) is 0 Å². The Hall–Kier alpha value is -2.84. The summed E-state index contributed by atoms with van der Waals surface area (Å²) in [4.78, 5) is 18.2. The second kappa shape index (κ2) is 8.04. The molecular formula is C20H16N4O2S2. The maximum absolute atomic E-state index is 12.5. The lowest BCUT2D eigenvalue weighted by Crippen LogP contribution is -2.41. The summed E-state index contributed by atoms with van der Waals surface area (Å²) in [5.74, 6) is 0.981. The minimum Gasteiger partial charge on any atom is -0.496 e. The molecule has 2 aromatic carbocycles. The number of fused-ring (bicyclic) bond motifs is 1. The highest BCUT2D eigenvalue weighted by Crippen LogP contribution is 2.33. The number of carbonyl (C=O) groups is 1. The molecule has 0 atom stereocenters. The summed E-state index contributed by atoms with van der Waals surface area (Å²) in [7, 11) is 1.57. The monoisotopic (exact) mass is 408 g/mol. The molecule has 4 rings (SSSR count). The van der Waals surface area contributed by atoms with Gasteiger partial charge in [-0.2, -0.15) is 9.39 Å². The first-order chi connectivity index (χ1) is 13.7. The van der Waals surface area contributed by atoms with Gasteiger partial charge in [-0.1, -0.05) is 60.3 Å². The molecule has 0 aromatic heterocycles. The predicted octanol–water partition coefficient (Wildman–Crippen LogP) is 4.21. The normalized spacial score (nSPS) is 17.5. The average Bonchev–Trinajstić information content (AvgIpc) is 3.13. The number of benzene rings is 2. The number of para-hydroxylation sites is 1. The van der Waals surface area contributed by atoms with Crippen molar-refractivity contribution in [1.29, 1.82) is 5.41 Å². The molecule has 140 valence electrons. The van der Waals surface area contributed by atoms with Crippen LogP contribution in [-0.2, 0) is 10.5 Å². The molecule has 2 aliphatic rings. The zero-order valence-electron chi connectivity index (χ0n) is 15.0. The van der Waals surface area contributed by atoms with Crippen LogP contribution in [0.4, 0.5) is 0 Å². The molecule has 0 spiro atoms. The molecule has 2 aliphatic heterocycles. The van der Waals surface area contributed by atoms with Crippen molar-refractivity contribution in [1.82, 2.24) is 4.90 Å². The van der Waals surface area contributed by atoms with Crippen LogP contribution in [0.25, 0.3) is 6.08 Å². The van der Waals surface area contributed by atoms with Gasteiger partial charge in [-0.15, -0.1) is 0 Å². The number of nitrogens with zero attached hydrogens (tertiary/aromatic N) is 3. The first-order valence-electron chi connectivity index (χ1n) is 8.46. The Morgan fingerprint density at radius 2 is 1.93 bits per heavy atom. The molecule has 8 heteroatoms. The largest absolute Gasteiger partial charge is 0.496 e. The number of amides is 1. The first-order valence-corrected chi connectivity index (χ1v) is 10.2. The van der Waals surface area contributed by atoms with Gasteiger partial charge in [0, 0.05) is 11.3 Å². The number of hydrogen-bond acceptors (Lipinski definition) is 6. The van der Waals surface area contributed by atoms with Gasteiger partial charge < -0.3 is 4.74 Å². The van der Waals surface area contributed by atoms with Crippen molar-refractivity contribution >= 4 is 51.9 Å². The second-order valence-corrected chi connectivity index (χ2v) is 7.60. The van der Waals surface area contributed by atoms with E-state index in [0.29, 0.717) is 16.1 Å². The van der Waals surface area contributed by atoms with E-state index in [2.05, 4.69) is 9.39 Å². The van der Waals surface area contributed by atoms with Crippen LogP contribution in [0.15, 0.2) is 69.6 Å². The van der Waals surface area contributed by atoms with Crippen molar-refractivity contribution in [3.05, 3.63) is 71.3 Å². The summed E-state index contributed by atoms with van der Waals surface area (Å²) in [5.41, 5.74) is 2.10. The van der Waals surface area contributed by atoms with Gasteiger partial charge in [0.05, 0.1) is 24.6 Å². The molecule has 0 bridgehead atoms. The summed E-state index contributed by atoms with van der Waals surface area (Å²) >= 11 is 2.64. The molecule has 0 unspecified atom stereocenters. The minimum absolute atomic E-state index is 0.0743. The van der Waals surface area contributed by atoms with Crippen molar-refractivity contribution in [2.45, 2.75) is 5.75 Å². The van der Waals surface area contributed by atoms with E-state index in [1.54, 1.807) is 18.1 Å². The number of ether oxygens (including phenoxy) is 1. The highest BCUT2D eigenvalue weighted by molar-refractivity contribution is 8.18. The van der Waals surface area contributed by atoms with Crippen LogP contribution >= 0.6 is 23.7 Å². The van der Waals surface area contributed by atoms with Crippen LogP contribution in [0, 0.1) is 5.41 Å². The summed E-state index contributed by atoms with van der Waals surface area (Å²) in [5, 5.41) is 9.67. The van der Waals surface area contributed by atoms with Crippen LogP contribution in [-0.4, -0.2) is 34.1 Å². The fourth-order valence-electron chi connectivity index (χ4n) is 2.76. The van der Waals surface area contributed by atoms with Crippen LogP contribution in [0.5, 0.6) is 5.75 Å². The third-order valence-electron chi connectivity index (χ3n) is 4.14. The number of nitrogens with one attached hydrogen (secondary N) is 1. The first kappa shape index (κ1) is 18.5. The van der Waals surface area contributed by atoms with Gasteiger partial charge in [-0.25, -0.2) is 4.90 Å². The van der Waals surface area contributed by atoms with Gasteiger partial charge in [0.1, 0.15) is 11.6 Å². The Balaban J connectivity index is 1.60. The molecule has 1 N–H and O–H groups in total. The van der Waals surface area contributed by atoms with Crippen LogP contribution in [0.1, 0.15) is 11.1 Å². The molecular weight excluding hydrogens is 392 g/mol. The fourth-order valence-corrected chi connectivity index (χ4v) is 4.56. The molecule has 0 radical (unpaired) electrons. The van der Waals surface area contributed by atoms with E-state index in [0.717, 1.165) is 28.8 Å². The van der Waals surface area contributed by atoms with Crippen molar-refractivity contribution < 1.29 is 9.53 Å². The summed E-state index contributed by atoms with van der Waals surface area (Å²) < 4.78 is 9.75. The highest BCUT2D eigenvalue weighted by atomic mass is 32.2. The Morgan fingerprint density at radius 1 is 1.18 bits per heavy atom. The van der Waals surface area contributed by atoms with Crippen molar-refractivity contribution in [3.63, 3.8) is 0 Å². The van der Waals surface area contributed by atoms with Crippen LogP contribution in [0.2, 0.25) is 0 Å². The topological polar surface area (TPSA) is 78.1 Å². The molecule has 0 saturated carbocycles. The molecule has 0 aliphatic carbocycles. The van der Waals surface area contributed by atoms with Gasteiger partial charge in [0.2, 0.25) is 5.17 Å². The zero-order chi connectivity index (χ0) is 19.5. The maximum atomic E-state index is 12.5. The molecule has 0 saturated heterocycles. The number of rotatable bonds is 4. The van der Waals surface area contributed by atoms with E-state index >= 15 is 0 Å². The van der Waals surface area contributed by atoms with Gasteiger partial charge in [-0.3, -0.25) is 10.2 Å². The van der Waals surface area contributed by atoms with Crippen molar-refractivity contribution in [2.24, 2.45) is 9.39 Å². The third-order valence-corrected chi connectivity index (χ3v) is 5.97. The Kier molecular flexibility index (Phi) is 5.31. The molecule has 1 amide bonds. The Labute approximate surface area is 171 Å².